The molecule has 4 aromatic rings. The number of aryl methyl sites for hydroxylation is 1. The van der Waals surface area contributed by atoms with Crippen LogP contribution in [-0.2, 0) is 0 Å². The number of halogens is 1. The summed E-state index contributed by atoms with van der Waals surface area (Å²) in [4.78, 5) is 4.41. The first-order valence-electron chi connectivity index (χ1n) is 9.76. The van der Waals surface area contributed by atoms with Crippen molar-refractivity contribution in [1.29, 1.82) is 0 Å². The van der Waals surface area contributed by atoms with Crippen LogP contribution in [0.25, 0.3) is 5.69 Å². The third-order valence-electron chi connectivity index (χ3n) is 5.53. The summed E-state index contributed by atoms with van der Waals surface area (Å²) in [6, 6.07) is 18.0. The average Bonchev–Trinajstić information content (AvgIpc) is 3.38. The van der Waals surface area contributed by atoms with Gasteiger partial charge in [-0.25, -0.2) is 9.36 Å². The predicted octanol–water partition coefficient (Wildman–Crippen LogP) is 4.58. The number of nitrogens with zero attached hydrogens (tertiary/aromatic N) is 5. The molecule has 3 heterocycles. The Labute approximate surface area is 179 Å². The summed E-state index contributed by atoms with van der Waals surface area (Å²) in [7, 11) is 1.67. The number of rotatable bonds is 4. The van der Waals surface area contributed by atoms with Crippen LogP contribution in [0, 0.1) is 6.92 Å². The molecule has 0 fully saturated rings. The fourth-order valence-corrected chi connectivity index (χ4v) is 4.44. The summed E-state index contributed by atoms with van der Waals surface area (Å²) in [5, 5.41) is 13.3. The van der Waals surface area contributed by atoms with Crippen LogP contribution >= 0.6 is 11.6 Å². The molecule has 5 rings (SSSR count). The quantitative estimate of drug-likeness (QED) is 0.523. The van der Waals surface area contributed by atoms with Gasteiger partial charge in [-0.1, -0.05) is 41.9 Å². The topological polar surface area (TPSA) is 69.8 Å². The van der Waals surface area contributed by atoms with Gasteiger partial charge in [0, 0.05) is 5.56 Å². The van der Waals surface area contributed by atoms with Crippen LogP contribution in [0.15, 0.2) is 60.9 Å². The minimum atomic E-state index is -0.0826. The normalized spacial score (nSPS) is 18.0. The highest BCUT2D eigenvalue weighted by atomic mass is 35.5. The molecule has 0 spiro atoms. The van der Waals surface area contributed by atoms with Gasteiger partial charge in [-0.05, 0) is 43.2 Å². The minimum absolute atomic E-state index is 0.0631. The van der Waals surface area contributed by atoms with Crippen molar-refractivity contribution in [2.75, 3.05) is 12.4 Å². The molecule has 0 saturated heterocycles. The molecule has 0 unspecified atom stereocenters. The van der Waals surface area contributed by atoms with Gasteiger partial charge in [0.1, 0.15) is 17.2 Å². The summed E-state index contributed by atoms with van der Waals surface area (Å²) in [5.41, 5.74) is 3.92. The second-order valence-electron chi connectivity index (χ2n) is 7.29. The van der Waals surface area contributed by atoms with Gasteiger partial charge in [0.25, 0.3) is 0 Å². The Morgan fingerprint density at radius 2 is 1.87 bits per heavy atom. The Morgan fingerprint density at radius 1 is 1.10 bits per heavy atom. The number of hydrogen-bond acceptors (Lipinski definition) is 5. The molecule has 2 aromatic carbocycles. The summed E-state index contributed by atoms with van der Waals surface area (Å²) in [6.45, 7) is 1.99. The Hall–Kier alpha value is -3.32. The van der Waals surface area contributed by atoms with Gasteiger partial charge in [-0.3, -0.25) is 0 Å². The zero-order valence-corrected chi connectivity index (χ0v) is 17.4. The molecular weight excluding hydrogens is 400 g/mol. The number of aromatic nitrogens is 5. The maximum Gasteiger partial charge on any atom is 0.222 e. The van der Waals surface area contributed by atoms with Crippen molar-refractivity contribution in [1.82, 2.24) is 24.5 Å². The van der Waals surface area contributed by atoms with E-state index in [-0.39, 0.29) is 12.1 Å². The average molecular weight is 421 g/mol. The summed E-state index contributed by atoms with van der Waals surface area (Å²) in [6.07, 6.45) is 2.33. The number of hydrogen-bond donors (Lipinski definition) is 1. The van der Waals surface area contributed by atoms with Crippen molar-refractivity contribution in [2.45, 2.75) is 25.4 Å². The highest BCUT2D eigenvalue weighted by Gasteiger charge is 2.34. The standard InChI is InChI=1S/C22H21ClN6O/c1-14-20(21(23)28(27-14)16-6-4-3-5-7-16)19-12-18(26-22-24-13-25-29(19)22)15-8-10-17(30-2)11-9-15/h3-11,13,18-19H,12H2,1-2H3,(H,24,25,26)/t18-,19-/m1/s1. The molecule has 152 valence electrons. The smallest absolute Gasteiger partial charge is 0.222 e. The van der Waals surface area contributed by atoms with E-state index in [0.717, 1.165) is 40.6 Å². The van der Waals surface area contributed by atoms with Gasteiger partial charge < -0.3 is 10.1 Å². The summed E-state index contributed by atoms with van der Waals surface area (Å²) >= 11 is 6.87. The molecule has 2 aromatic heterocycles. The van der Waals surface area contributed by atoms with Crippen molar-refractivity contribution >= 4 is 17.5 Å². The number of ether oxygens (including phenoxy) is 1. The molecule has 0 saturated carbocycles. The molecule has 0 radical (unpaired) electrons. The SMILES string of the molecule is COc1ccc([C@H]2C[C@H](c3c(C)nn(-c4ccccc4)c3Cl)n3ncnc3N2)cc1. The lowest BCUT2D eigenvalue weighted by atomic mass is 9.93. The number of benzene rings is 2. The summed E-state index contributed by atoms with van der Waals surface area (Å²) in [5.74, 6) is 1.55. The number of methoxy groups -OCH3 is 1. The van der Waals surface area contributed by atoms with Gasteiger partial charge >= 0.3 is 0 Å². The first-order chi connectivity index (χ1) is 14.7. The largest absolute Gasteiger partial charge is 0.497 e. The van der Waals surface area contributed by atoms with Crippen molar-refractivity contribution in [3.05, 3.63) is 82.9 Å². The Morgan fingerprint density at radius 3 is 2.60 bits per heavy atom. The first-order valence-corrected chi connectivity index (χ1v) is 10.1. The number of para-hydroxylation sites is 1. The van der Waals surface area contributed by atoms with Crippen LogP contribution < -0.4 is 10.1 Å². The molecule has 0 amide bonds. The molecule has 8 heteroatoms. The molecule has 1 N–H and O–H groups in total. The zero-order chi connectivity index (χ0) is 20.7. The second kappa shape index (κ2) is 7.50. The van der Waals surface area contributed by atoms with Gasteiger partial charge in [-0.15, -0.1) is 0 Å². The van der Waals surface area contributed by atoms with Gasteiger partial charge in [0.15, 0.2) is 0 Å². The van der Waals surface area contributed by atoms with Gasteiger partial charge in [0.05, 0.1) is 30.6 Å². The number of fused-ring (bicyclic) bond motifs is 1. The Balaban J connectivity index is 1.56. The maximum atomic E-state index is 6.87. The van der Waals surface area contributed by atoms with Crippen LogP contribution in [0.5, 0.6) is 5.75 Å². The number of nitrogens with one attached hydrogen (secondary N) is 1. The van der Waals surface area contributed by atoms with Crippen LogP contribution in [-0.4, -0.2) is 31.7 Å². The van der Waals surface area contributed by atoms with Gasteiger partial charge in [-0.2, -0.15) is 15.2 Å². The Bertz CT molecular complexity index is 1170. The predicted molar refractivity (Wildman–Crippen MR) is 115 cm³/mol. The second-order valence-corrected chi connectivity index (χ2v) is 7.65. The van der Waals surface area contributed by atoms with E-state index in [1.54, 1.807) is 18.1 Å². The van der Waals surface area contributed by atoms with E-state index in [0.29, 0.717) is 5.15 Å². The van der Waals surface area contributed by atoms with Gasteiger partial charge in [0.2, 0.25) is 5.95 Å². The third kappa shape index (κ3) is 3.11. The highest BCUT2D eigenvalue weighted by Crippen LogP contribution is 2.41. The highest BCUT2D eigenvalue weighted by molar-refractivity contribution is 6.30. The van der Waals surface area contributed by atoms with E-state index in [1.807, 2.05) is 54.1 Å². The third-order valence-corrected chi connectivity index (χ3v) is 5.89. The fraction of sp³-hybridized carbons (Fsp3) is 0.227. The lowest BCUT2D eigenvalue weighted by Crippen LogP contribution is -2.28. The van der Waals surface area contributed by atoms with E-state index in [4.69, 9.17) is 21.4 Å². The van der Waals surface area contributed by atoms with Crippen molar-refractivity contribution in [3.63, 3.8) is 0 Å². The molecule has 1 aliphatic rings. The molecule has 2 atom stereocenters. The zero-order valence-electron chi connectivity index (χ0n) is 16.7. The number of anilines is 1. The molecule has 30 heavy (non-hydrogen) atoms. The van der Waals surface area contributed by atoms with E-state index in [2.05, 4.69) is 27.5 Å². The minimum Gasteiger partial charge on any atom is -0.497 e. The van der Waals surface area contributed by atoms with Crippen LogP contribution in [0.3, 0.4) is 0 Å². The van der Waals surface area contributed by atoms with Crippen LogP contribution in [0.1, 0.15) is 35.3 Å². The Kier molecular flexibility index (Phi) is 4.67. The van der Waals surface area contributed by atoms with E-state index in [1.165, 1.54) is 0 Å². The molecule has 7 nitrogen and oxygen atoms in total. The molecular formula is C22H21ClN6O. The monoisotopic (exact) mass is 420 g/mol. The van der Waals surface area contributed by atoms with Crippen molar-refractivity contribution in [2.24, 2.45) is 0 Å². The fourth-order valence-electron chi connectivity index (χ4n) is 4.05. The summed E-state index contributed by atoms with van der Waals surface area (Å²) < 4.78 is 8.97. The van der Waals surface area contributed by atoms with Crippen molar-refractivity contribution < 1.29 is 4.74 Å². The molecule has 1 aliphatic heterocycles. The molecule has 0 bridgehead atoms. The lowest BCUT2D eigenvalue weighted by Gasteiger charge is -2.31. The van der Waals surface area contributed by atoms with Crippen molar-refractivity contribution in [3.8, 4) is 11.4 Å². The molecule has 0 aliphatic carbocycles. The van der Waals surface area contributed by atoms with E-state index in [9.17, 15) is 0 Å². The van der Waals surface area contributed by atoms with Crippen LogP contribution in [0.4, 0.5) is 5.95 Å². The van der Waals surface area contributed by atoms with Crippen LogP contribution in [0.2, 0.25) is 5.15 Å². The lowest BCUT2D eigenvalue weighted by molar-refractivity contribution is 0.413. The van der Waals surface area contributed by atoms with E-state index >= 15 is 0 Å². The first kappa shape index (κ1) is 18.7. The van der Waals surface area contributed by atoms with E-state index < -0.39 is 0 Å². The maximum absolute atomic E-state index is 6.87.